The molecule has 0 heterocycles. The molecule has 23 heavy (non-hydrogen) atoms. The third kappa shape index (κ3) is 1.96. The van der Waals surface area contributed by atoms with E-state index in [0.29, 0.717) is 32.1 Å². The van der Waals surface area contributed by atoms with Crippen LogP contribution in [-0.2, 0) is 4.79 Å². The predicted molar refractivity (Wildman–Crippen MR) is 90.5 cm³/mol. The number of hydrogen-bond acceptors (Lipinski definition) is 2. The quantitative estimate of drug-likeness (QED) is 0.745. The molecule has 3 saturated carbocycles. The standard InChI is InChI=1S/C21H28O2/c1-3-20-11-9-17-16-8-6-15(22)13-14(16)5-7-18(17)19(20)10-12-21(20,23)4-2/h2,13,16-19,23H,3,5-12H2,1H3/t16-,17+,18+,19-,20-,21-/m0/s1/i5D2,6D2,13D,16D. The average Bonchev–Trinajstić information content (AvgIpc) is 2.93. The first-order valence-electron chi connectivity index (χ1n) is 11.8. The Morgan fingerprint density at radius 1 is 1.39 bits per heavy atom. The Morgan fingerprint density at radius 2 is 2.22 bits per heavy atom. The monoisotopic (exact) mass is 318 g/mol. The molecule has 4 rings (SSSR count). The second kappa shape index (κ2) is 5.21. The van der Waals surface area contributed by atoms with Crippen molar-refractivity contribution in [3.05, 3.63) is 11.6 Å². The smallest absolute Gasteiger partial charge is 0.155 e. The summed E-state index contributed by atoms with van der Waals surface area (Å²) in [6.07, 6.45) is 3.91. The second-order valence-electron chi connectivity index (χ2n) is 7.56. The van der Waals surface area contributed by atoms with Crippen LogP contribution in [0.4, 0.5) is 0 Å². The molecule has 0 spiro atoms. The van der Waals surface area contributed by atoms with E-state index in [1.54, 1.807) is 0 Å². The van der Waals surface area contributed by atoms with Crippen LogP contribution < -0.4 is 0 Å². The number of terminal acetylenes is 1. The van der Waals surface area contributed by atoms with Gasteiger partial charge in [-0.05, 0) is 81.0 Å². The normalized spacial score (nSPS) is 60.6. The molecule has 4 aliphatic rings. The minimum atomic E-state index is -2.34. The van der Waals surface area contributed by atoms with Crippen molar-refractivity contribution in [3.63, 3.8) is 0 Å². The highest BCUT2D eigenvalue weighted by molar-refractivity contribution is 5.91. The molecule has 0 unspecified atom stereocenters. The third-order valence-electron chi connectivity index (χ3n) is 7.12. The first kappa shape index (κ1) is 10.0. The van der Waals surface area contributed by atoms with Gasteiger partial charge in [0.25, 0.3) is 0 Å². The largest absolute Gasteiger partial charge is 0.377 e. The summed E-state index contributed by atoms with van der Waals surface area (Å²) in [5.74, 6) is -0.673. The fourth-order valence-electron chi connectivity index (χ4n) is 5.98. The van der Waals surface area contributed by atoms with E-state index in [0.717, 1.165) is 0 Å². The number of fused-ring (bicyclic) bond motifs is 5. The van der Waals surface area contributed by atoms with E-state index in [1.807, 2.05) is 6.92 Å². The highest BCUT2D eigenvalue weighted by Crippen LogP contribution is 2.66. The minimum Gasteiger partial charge on any atom is -0.377 e. The van der Waals surface area contributed by atoms with E-state index in [-0.39, 0.29) is 29.7 Å². The van der Waals surface area contributed by atoms with Gasteiger partial charge in [-0.15, -0.1) is 6.42 Å². The number of rotatable bonds is 1. The van der Waals surface area contributed by atoms with Crippen molar-refractivity contribution in [3.8, 4) is 12.3 Å². The molecule has 124 valence electrons. The summed E-state index contributed by atoms with van der Waals surface area (Å²) in [5, 5.41) is 11.2. The molecule has 1 N–H and O–H groups in total. The number of carbonyl (C=O) groups is 1. The number of allylic oxidation sites excluding steroid dienone is 1. The van der Waals surface area contributed by atoms with E-state index in [9.17, 15) is 11.3 Å². The molecule has 0 saturated heterocycles. The van der Waals surface area contributed by atoms with Gasteiger partial charge < -0.3 is 5.11 Å². The number of aliphatic hydroxyl groups is 1. The number of ketones is 1. The predicted octanol–water partition coefficient (Wildman–Crippen LogP) is 3.88. The Hall–Kier alpha value is -1.07. The molecule has 0 radical (unpaired) electrons. The van der Waals surface area contributed by atoms with Crippen LogP contribution in [0, 0.1) is 41.4 Å². The van der Waals surface area contributed by atoms with Gasteiger partial charge in [-0.25, -0.2) is 0 Å². The fourth-order valence-corrected chi connectivity index (χ4v) is 5.98. The van der Waals surface area contributed by atoms with E-state index < -0.39 is 47.9 Å². The molecule has 0 aromatic rings. The highest BCUT2D eigenvalue weighted by Gasteiger charge is 2.63. The van der Waals surface area contributed by atoms with Gasteiger partial charge in [-0.1, -0.05) is 18.4 Å². The van der Waals surface area contributed by atoms with E-state index in [4.69, 9.17) is 13.3 Å². The SMILES string of the molecule is [2H]C1=C2C([2H])([2H])C[C@H]3[C@@H]4CC[C@@](O)(C#C)[C@@]4(CC)CC[C@@H]3[C@@]2([2H])CC([2H])([2H])C1=O. The maximum atomic E-state index is 12.4. The summed E-state index contributed by atoms with van der Waals surface area (Å²) < 4.78 is 51.0. The molecule has 0 bridgehead atoms. The van der Waals surface area contributed by atoms with Gasteiger partial charge in [0.15, 0.2) is 5.78 Å². The maximum absolute atomic E-state index is 12.4. The zero-order chi connectivity index (χ0) is 21.6. The summed E-state index contributed by atoms with van der Waals surface area (Å²) in [6, 6.07) is -0.654. The van der Waals surface area contributed by atoms with E-state index in [2.05, 4.69) is 5.92 Å². The van der Waals surface area contributed by atoms with Crippen LogP contribution >= 0.6 is 0 Å². The van der Waals surface area contributed by atoms with Gasteiger partial charge in [-0.2, -0.15) is 0 Å². The highest BCUT2D eigenvalue weighted by atomic mass is 16.3. The first-order chi connectivity index (χ1) is 13.3. The molecule has 2 heteroatoms. The van der Waals surface area contributed by atoms with Gasteiger partial charge in [0, 0.05) is 18.6 Å². The van der Waals surface area contributed by atoms with Crippen LogP contribution in [-0.4, -0.2) is 16.5 Å². The van der Waals surface area contributed by atoms with Gasteiger partial charge in [0.05, 0.1) is 1.37 Å². The fraction of sp³-hybridized carbons (Fsp3) is 0.762. The molecule has 3 fully saturated rings. The van der Waals surface area contributed by atoms with Gasteiger partial charge in [-0.3, -0.25) is 4.79 Å². The van der Waals surface area contributed by atoms with E-state index >= 15 is 0 Å². The lowest BCUT2D eigenvalue weighted by atomic mass is 9.49. The van der Waals surface area contributed by atoms with Crippen molar-refractivity contribution in [1.29, 1.82) is 0 Å². The molecule has 6 atom stereocenters. The first-order valence-corrected chi connectivity index (χ1v) is 8.76. The maximum Gasteiger partial charge on any atom is 0.155 e. The lowest BCUT2D eigenvalue weighted by Gasteiger charge is -2.55. The van der Waals surface area contributed by atoms with Crippen molar-refractivity contribution in [1.82, 2.24) is 0 Å². The summed E-state index contributed by atoms with van der Waals surface area (Å²) in [6.45, 7) is 2.00. The van der Waals surface area contributed by atoms with Crippen LogP contribution in [0.1, 0.15) is 72.8 Å². The van der Waals surface area contributed by atoms with Crippen molar-refractivity contribution >= 4 is 5.78 Å². The van der Waals surface area contributed by atoms with Crippen LogP contribution in [0.25, 0.3) is 0 Å². The molecule has 0 amide bonds. The average molecular weight is 318 g/mol. The van der Waals surface area contributed by atoms with Crippen molar-refractivity contribution in [2.45, 2.75) is 70.2 Å². The van der Waals surface area contributed by atoms with Crippen LogP contribution in [0.3, 0.4) is 0 Å². The lowest BCUT2D eigenvalue weighted by Crippen LogP contribution is -2.53. The summed E-state index contributed by atoms with van der Waals surface area (Å²) in [7, 11) is 0. The molecule has 0 aliphatic heterocycles. The van der Waals surface area contributed by atoms with Gasteiger partial charge in [0.1, 0.15) is 5.60 Å². The molecular formula is C21H28O2. The third-order valence-corrected chi connectivity index (χ3v) is 7.12. The summed E-state index contributed by atoms with van der Waals surface area (Å²) >= 11 is 0. The molecule has 2 nitrogen and oxygen atoms in total. The van der Waals surface area contributed by atoms with Crippen molar-refractivity contribution in [2.24, 2.45) is 29.1 Å². The molecule has 0 aromatic carbocycles. The van der Waals surface area contributed by atoms with Crippen molar-refractivity contribution in [2.75, 3.05) is 0 Å². The van der Waals surface area contributed by atoms with Crippen LogP contribution in [0.15, 0.2) is 11.6 Å². The zero-order valence-corrected chi connectivity index (χ0v) is 13.6. The Bertz CT molecular complexity index is 845. The lowest BCUT2D eigenvalue weighted by molar-refractivity contribution is -0.117. The summed E-state index contributed by atoms with van der Waals surface area (Å²) in [4.78, 5) is 12.4. The Kier molecular flexibility index (Phi) is 2.28. The second-order valence-corrected chi connectivity index (χ2v) is 7.56. The molecule has 4 aliphatic carbocycles. The number of hydrogen-bond donors (Lipinski definition) is 1. The number of carbonyl (C=O) groups excluding carboxylic acids is 1. The zero-order valence-electron chi connectivity index (χ0n) is 19.6. The van der Waals surface area contributed by atoms with E-state index in [1.165, 1.54) is 0 Å². The Balaban J connectivity index is 1.86. The van der Waals surface area contributed by atoms with Gasteiger partial charge in [0.2, 0.25) is 0 Å². The topological polar surface area (TPSA) is 37.3 Å². The van der Waals surface area contributed by atoms with Gasteiger partial charge >= 0.3 is 0 Å². The van der Waals surface area contributed by atoms with Crippen LogP contribution in [0.2, 0.25) is 0 Å². The Labute approximate surface area is 148 Å². The minimum absolute atomic E-state index is 0.0520. The summed E-state index contributed by atoms with van der Waals surface area (Å²) in [5.41, 5.74) is -1.91. The molecular weight excluding hydrogens is 284 g/mol. The molecule has 0 aromatic heterocycles. The Morgan fingerprint density at radius 3 is 2.96 bits per heavy atom. The van der Waals surface area contributed by atoms with Crippen molar-refractivity contribution < 1.29 is 18.1 Å². The van der Waals surface area contributed by atoms with Crippen LogP contribution in [0.5, 0.6) is 0 Å².